The zero-order valence-corrected chi connectivity index (χ0v) is 44.8. The van der Waals surface area contributed by atoms with Crippen LogP contribution in [0.5, 0.6) is 5.75 Å². The summed E-state index contributed by atoms with van der Waals surface area (Å²) in [6.45, 7) is 9.38. The number of phenols is 1. The van der Waals surface area contributed by atoms with Crippen molar-refractivity contribution in [1.29, 1.82) is 5.26 Å². The first kappa shape index (κ1) is 55.1. The van der Waals surface area contributed by atoms with Crippen molar-refractivity contribution in [1.82, 2.24) is 19.4 Å². The van der Waals surface area contributed by atoms with E-state index in [2.05, 4.69) is 48.9 Å². The molecule has 0 aliphatic carbocycles. The van der Waals surface area contributed by atoms with Gasteiger partial charge in [-0.3, -0.25) is 24.1 Å². The zero-order chi connectivity index (χ0) is 54.3. The number of benzene rings is 4. The number of amides is 4. The molecule has 5 N–H and O–H groups in total. The molecule has 1 aliphatic heterocycles. The Morgan fingerprint density at radius 1 is 0.933 bits per heavy atom. The molecule has 0 fully saturated rings. The molecule has 0 spiro atoms. The summed E-state index contributed by atoms with van der Waals surface area (Å²) in [6, 6.07) is 30.4. The molecule has 2 atom stereocenters. The van der Waals surface area contributed by atoms with Crippen LogP contribution in [0, 0.1) is 43.4 Å². The highest BCUT2D eigenvalue weighted by Gasteiger charge is 2.34. The SMILES string of the molecule is C#CCOCc1cc(NC(=O)CNC(=O)C(N)C(C)C)ccc1C[N+](C)(C)CCCC1Cc2ccccc2CN1C(=O)c1ccc(Cl)cc1-c1cc(C(=O)N(c2ccc(O)cc2)c2cc(C#N)n(C)c2C)c(C)n1C. The van der Waals surface area contributed by atoms with Crippen LogP contribution in [-0.2, 0) is 54.5 Å². The standard InChI is InChI=1S/C59H66ClN9O6/c1-10-26-75-36-43-27-45(64-55(71)33-63-57(72)56(62)37(2)3)19-17-42(43)35-69(8,9)25-13-16-47-28-40-14-11-12-15-41(40)34-67(47)58(73)50-24-18-44(60)29-52(50)54-31-51(38(4)66(54)7)59(74)68(46-20-22-49(70)23-21-46)53-30-48(32-61)65(6)39(53)5/h1,11-12,14-15,17-24,27,29-31,37,47,56H,13,16,25-26,28,33-36,62H2,2-9H3,(H2-,63,64,70,71,72)/p+1. The quantitative estimate of drug-likeness (QED) is 0.0352. The molecule has 0 bridgehead atoms. The molecule has 75 heavy (non-hydrogen) atoms. The number of halogens is 1. The topological polar surface area (TPSA) is 188 Å². The number of carbonyl (C=O) groups excluding carboxylic acids is 4. The van der Waals surface area contributed by atoms with Crippen LogP contribution in [0.2, 0.25) is 5.02 Å². The van der Waals surface area contributed by atoms with Gasteiger partial charge in [0.1, 0.15) is 30.7 Å². The first-order valence-corrected chi connectivity index (χ1v) is 25.4. The summed E-state index contributed by atoms with van der Waals surface area (Å²) in [6.07, 6.45) is 7.73. The molecule has 2 aromatic heterocycles. The molecule has 0 saturated heterocycles. The molecule has 16 heteroatoms. The minimum absolute atomic E-state index is 0.0446. The van der Waals surface area contributed by atoms with E-state index in [0.29, 0.717) is 85.5 Å². The lowest BCUT2D eigenvalue weighted by Crippen LogP contribution is -2.46. The molecule has 4 aromatic carbocycles. The number of nitrogens with zero attached hydrogens (tertiary/aromatic N) is 6. The van der Waals surface area contributed by atoms with Crippen molar-refractivity contribution in [3.05, 3.63) is 153 Å². The van der Waals surface area contributed by atoms with E-state index in [-0.39, 0.29) is 61.1 Å². The van der Waals surface area contributed by atoms with Crippen LogP contribution in [0.3, 0.4) is 0 Å². The maximum atomic E-state index is 15.3. The Balaban J connectivity index is 1.12. The van der Waals surface area contributed by atoms with Gasteiger partial charge in [-0.15, -0.1) is 6.42 Å². The summed E-state index contributed by atoms with van der Waals surface area (Å²) in [5, 5.41) is 26.0. The Bertz CT molecular complexity index is 3200. The van der Waals surface area contributed by atoms with Crippen molar-refractivity contribution >= 4 is 52.3 Å². The second kappa shape index (κ2) is 23.7. The Morgan fingerprint density at radius 2 is 1.65 bits per heavy atom. The van der Waals surface area contributed by atoms with Crippen molar-refractivity contribution in [2.45, 2.75) is 78.7 Å². The fourth-order valence-corrected chi connectivity index (χ4v) is 9.90. The van der Waals surface area contributed by atoms with E-state index < -0.39 is 6.04 Å². The molecule has 4 amide bonds. The number of nitriles is 1. The first-order chi connectivity index (χ1) is 35.7. The molecule has 0 radical (unpaired) electrons. The van der Waals surface area contributed by atoms with Gasteiger partial charge in [0.2, 0.25) is 11.8 Å². The summed E-state index contributed by atoms with van der Waals surface area (Å²) < 4.78 is 10.0. The lowest BCUT2D eigenvalue weighted by molar-refractivity contribution is -0.903. The molecular weight excluding hydrogens is 966 g/mol. The van der Waals surface area contributed by atoms with Crippen LogP contribution in [0.4, 0.5) is 17.1 Å². The highest BCUT2D eigenvalue weighted by Crippen LogP contribution is 2.38. The Morgan fingerprint density at radius 3 is 2.33 bits per heavy atom. The molecule has 6 aromatic rings. The third-order valence-corrected chi connectivity index (χ3v) is 14.6. The van der Waals surface area contributed by atoms with Gasteiger partial charge in [0.05, 0.1) is 51.1 Å². The fraction of sp³-hybridized carbons (Fsp3) is 0.339. The molecule has 15 nitrogen and oxygen atoms in total. The number of nitrogens with two attached hydrogens (primary N) is 1. The molecule has 3 heterocycles. The average Bonchev–Trinajstić information content (AvgIpc) is 3.84. The zero-order valence-electron chi connectivity index (χ0n) is 44.0. The number of aromatic hydroxyl groups is 1. The van der Waals surface area contributed by atoms with Gasteiger partial charge < -0.3 is 44.7 Å². The van der Waals surface area contributed by atoms with E-state index in [1.165, 1.54) is 17.7 Å². The van der Waals surface area contributed by atoms with E-state index >= 15 is 4.79 Å². The maximum absolute atomic E-state index is 15.3. The lowest BCUT2D eigenvalue weighted by Gasteiger charge is -2.38. The van der Waals surface area contributed by atoms with Crippen molar-refractivity contribution in [2.75, 3.05) is 44.0 Å². The Labute approximate surface area is 445 Å². The first-order valence-electron chi connectivity index (χ1n) is 25.0. The predicted molar refractivity (Wildman–Crippen MR) is 293 cm³/mol. The molecule has 0 saturated carbocycles. The predicted octanol–water partition coefficient (Wildman–Crippen LogP) is 8.67. The molecular formula is C59H67ClN9O6+. The van der Waals surface area contributed by atoms with Gasteiger partial charge in [0.25, 0.3) is 11.8 Å². The van der Waals surface area contributed by atoms with Crippen LogP contribution in [0.1, 0.15) is 86.7 Å². The number of phenolic OH excluding ortho intramolecular Hbond substituents is 1. The van der Waals surface area contributed by atoms with Crippen LogP contribution in [-0.4, -0.2) is 93.1 Å². The number of ether oxygens (including phenoxy) is 1. The maximum Gasteiger partial charge on any atom is 0.264 e. The third-order valence-electron chi connectivity index (χ3n) is 14.3. The minimum Gasteiger partial charge on any atom is -0.508 e. The molecule has 1 aliphatic rings. The third kappa shape index (κ3) is 12.7. The van der Waals surface area contributed by atoms with Gasteiger partial charge >= 0.3 is 0 Å². The van der Waals surface area contributed by atoms with Crippen LogP contribution < -0.4 is 21.3 Å². The summed E-state index contributed by atoms with van der Waals surface area (Å²) in [5.74, 6) is 1.21. The second-order valence-electron chi connectivity index (χ2n) is 20.3. The second-order valence-corrected chi connectivity index (χ2v) is 20.8. The fourth-order valence-electron chi connectivity index (χ4n) is 9.73. The van der Waals surface area contributed by atoms with Crippen LogP contribution in [0.25, 0.3) is 11.3 Å². The highest BCUT2D eigenvalue weighted by atomic mass is 35.5. The van der Waals surface area contributed by atoms with E-state index in [9.17, 15) is 24.8 Å². The summed E-state index contributed by atoms with van der Waals surface area (Å²) in [4.78, 5) is 59.0. The van der Waals surface area contributed by atoms with Gasteiger partial charge in [0.15, 0.2) is 0 Å². The number of nitrogens with one attached hydrogen (secondary N) is 2. The number of hydrogen-bond acceptors (Lipinski definition) is 8. The number of quaternary nitrogens is 1. The number of fused-ring (bicyclic) bond motifs is 1. The van der Waals surface area contributed by atoms with E-state index in [1.54, 1.807) is 59.0 Å². The van der Waals surface area contributed by atoms with E-state index in [0.717, 1.165) is 36.1 Å². The van der Waals surface area contributed by atoms with E-state index in [1.807, 2.05) is 74.5 Å². The van der Waals surface area contributed by atoms with Gasteiger partial charge in [-0.05, 0) is 122 Å². The number of anilines is 3. The summed E-state index contributed by atoms with van der Waals surface area (Å²) in [5.41, 5.74) is 15.5. The lowest BCUT2D eigenvalue weighted by atomic mass is 9.90. The van der Waals surface area contributed by atoms with Gasteiger partial charge in [-0.2, -0.15) is 5.26 Å². The van der Waals surface area contributed by atoms with Crippen LogP contribution in [0.15, 0.2) is 97.1 Å². The largest absolute Gasteiger partial charge is 0.508 e. The smallest absolute Gasteiger partial charge is 0.264 e. The summed E-state index contributed by atoms with van der Waals surface area (Å²) in [7, 11) is 7.97. The summed E-state index contributed by atoms with van der Waals surface area (Å²) >= 11 is 6.75. The van der Waals surface area contributed by atoms with Gasteiger partial charge in [0, 0.05) is 76.9 Å². The molecule has 7 rings (SSSR count). The van der Waals surface area contributed by atoms with Crippen molar-refractivity contribution in [3.63, 3.8) is 0 Å². The normalized spacial score (nSPS) is 13.7. The van der Waals surface area contributed by atoms with Crippen molar-refractivity contribution in [3.8, 4) is 35.4 Å². The van der Waals surface area contributed by atoms with Gasteiger partial charge in [-0.25, -0.2) is 0 Å². The van der Waals surface area contributed by atoms with Crippen molar-refractivity contribution in [2.24, 2.45) is 25.7 Å². The minimum atomic E-state index is -0.715. The number of hydrogen-bond donors (Lipinski definition) is 4. The monoisotopic (exact) mass is 1030 g/mol. The number of rotatable bonds is 19. The van der Waals surface area contributed by atoms with Crippen LogP contribution >= 0.6 is 11.6 Å². The molecule has 2 unspecified atom stereocenters. The highest BCUT2D eigenvalue weighted by molar-refractivity contribution is 6.31. The van der Waals surface area contributed by atoms with Crippen molar-refractivity contribution < 1.29 is 33.5 Å². The molecule has 390 valence electrons. The van der Waals surface area contributed by atoms with E-state index in [4.69, 9.17) is 28.5 Å². The number of carbonyl (C=O) groups is 4. The number of aromatic nitrogens is 2. The van der Waals surface area contributed by atoms with Gasteiger partial charge in [-0.1, -0.05) is 61.7 Å². The number of terminal acetylenes is 1. The Kier molecular flexibility index (Phi) is 17.4. The Hall–Kier alpha value is -7.66. The average molecular weight is 1030 g/mol.